The molecule has 27 heavy (non-hydrogen) atoms. The summed E-state index contributed by atoms with van der Waals surface area (Å²) in [6.07, 6.45) is 0.625. The molecule has 2 aromatic rings. The van der Waals surface area contributed by atoms with Crippen LogP contribution in [0.2, 0.25) is 0 Å². The summed E-state index contributed by atoms with van der Waals surface area (Å²) in [5.74, 6) is 0.898. The second-order valence-corrected chi connectivity index (χ2v) is 8.24. The van der Waals surface area contributed by atoms with Crippen LogP contribution in [0.3, 0.4) is 0 Å². The van der Waals surface area contributed by atoms with E-state index in [0.29, 0.717) is 35.8 Å². The largest absolute Gasteiger partial charge is 0.493 e. The zero-order valence-electron chi connectivity index (χ0n) is 15.3. The number of para-hydroxylation sites is 2. The minimum Gasteiger partial charge on any atom is -0.493 e. The highest BCUT2D eigenvalue weighted by Crippen LogP contribution is 2.28. The number of methoxy groups -OCH3 is 1. The molecule has 0 unspecified atom stereocenters. The summed E-state index contributed by atoms with van der Waals surface area (Å²) in [4.78, 5) is 12.2. The van der Waals surface area contributed by atoms with E-state index >= 15 is 0 Å². The van der Waals surface area contributed by atoms with Gasteiger partial charge in [-0.15, -0.1) is 0 Å². The Morgan fingerprint density at radius 2 is 1.93 bits per heavy atom. The fourth-order valence-electron chi connectivity index (χ4n) is 2.94. The molecule has 0 spiro atoms. The molecule has 0 atom stereocenters. The molecule has 1 aliphatic heterocycles. The summed E-state index contributed by atoms with van der Waals surface area (Å²) in [5, 5.41) is 2.78. The van der Waals surface area contributed by atoms with Gasteiger partial charge in [0, 0.05) is 12.2 Å². The second-order valence-electron chi connectivity index (χ2n) is 6.23. The smallest absolute Gasteiger partial charge is 0.262 e. The van der Waals surface area contributed by atoms with Crippen LogP contribution in [-0.4, -0.2) is 40.3 Å². The van der Waals surface area contributed by atoms with Crippen molar-refractivity contribution in [3.05, 3.63) is 48.0 Å². The van der Waals surface area contributed by atoms with Gasteiger partial charge in [0.2, 0.25) is 10.0 Å². The van der Waals surface area contributed by atoms with Gasteiger partial charge in [-0.2, -0.15) is 0 Å². The van der Waals surface area contributed by atoms with Crippen LogP contribution in [0.5, 0.6) is 11.5 Å². The molecule has 7 nitrogen and oxygen atoms in total. The second kappa shape index (κ2) is 7.87. The van der Waals surface area contributed by atoms with E-state index in [1.165, 1.54) is 11.4 Å². The first-order valence-corrected chi connectivity index (χ1v) is 10.2. The van der Waals surface area contributed by atoms with Gasteiger partial charge < -0.3 is 14.8 Å². The summed E-state index contributed by atoms with van der Waals surface area (Å²) in [6, 6.07) is 12.3. The molecule has 0 aromatic heterocycles. The van der Waals surface area contributed by atoms with Crippen molar-refractivity contribution in [2.45, 2.75) is 13.3 Å². The lowest BCUT2D eigenvalue weighted by Gasteiger charge is -2.18. The van der Waals surface area contributed by atoms with Crippen LogP contribution in [0.25, 0.3) is 0 Å². The molecule has 1 saturated heterocycles. The number of amides is 1. The van der Waals surface area contributed by atoms with Gasteiger partial charge in [-0.3, -0.25) is 9.10 Å². The normalized spacial score (nSPS) is 15.4. The molecule has 1 amide bonds. The van der Waals surface area contributed by atoms with Crippen LogP contribution in [0.1, 0.15) is 12.0 Å². The van der Waals surface area contributed by atoms with E-state index in [0.717, 1.165) is 5.56 Å². The number of sulfonamides is 1. The van der Waals surface area contributed by atoms with Gasteiger partial charge in [0.15, 0.2) is 18.1 Å². The van der Waals surface area contributed by atoms with Crippen LogP contribution < -0.4 is 19.1 Å². The van der Waals surface area contributed by atoms with Crippen molar-refractivity contribution in [1.29, 1.82) is 0 Å². The third-order valence-electron chi connectivity index (χ3n) is 4.30. The number of hydrogen-bond donors (Lipinski definition) is 1. The Kier molecular flexibility index (Phi) is 5.55. The van der Waals surface area contributed by atoms with Crippen LogP contribution in [-0.2, 0) is 14.8 Å². The van der Waals surface area contributed by atoms with Crippen LogP contribution in [0.4, 0.5) is 11.4 Å². The zero-order valence-corrected chi connectivity index (χ0v) is 16.1. The maximum atomic E-state index is 12.2. The van der Waals surface area contributed by atoms with E-state index < -0.39 is 10.0 Å². The van der Waals surface area contributed by atoms with Gasteiger partial charge in [0.25, 0.3) is 5.91 Å². The maximum Gasteiger partial charge on any atom is 0.262 e. The Labute approximate surface area is 158 Å². The molecule has 8 heteroatoms. The Bertz CT molecular complexity index is 943. The summed E-state index contributed by atoms with van der Waals surface area (Å²) < 4.78 is 36.2. The standard InChI is InChI=1S/C19H22N2O5S/c1-14-12-15(21-10-5-11-27(21,23)24)8-9-16(14)20-19(22)13-26-18-7-4-3-6-17(18)25-2/h3-4,6-9,12H,5,10-11,13H2,1-2H3,(H,20,22). The molecule has 0 radical (unpaired) electrons. The number of benzene rings is 2. The molecule has 144 valence electrons. The Hall–Kier alpha value is -2.74. The molecule has 1 heterocycles. The third-order valence-corrected chi connectivity index (χ3v) is 6.17. The molecule has 3 rings (SSSR count). The van der Waals surface area contributed by atoms with Gasteiger partial charge in [0.1, 0.15) is 0 Å². The molecular formula is C19H22N2O5S. The van der Waals surface area contributed by atoms with Crippen molar-refractivity contribution in [2.75, 3.05) is 35.6 Å². The molecular weight excluding hydrogens is 368 g/mol. The average molecular weight is 390 g/mol. The Morgan fingerprint density at radius 3 is 2.56 bits per heavy atom. The maximum absolute atomic E-state index is 12.2. The third kappa shape index (κ3) is 4.33. The highest BCUT2D eigenvalue weighted by atomic mass is 32.2. The Balaban J connectivity index is 1.64. The van der Waals surface area contributed by atoms with E-state index in [9.17, 15) is 13.2 Å². The number of aryl methyl sites for hydroxylation is 1. The van der Waals surface area contributed by atoms with Crippen LogP contribution in [0.15, 0.2) is 42.5 Å². The van der Waals surface area contributed by atoms with Gasteiger partial charge >= 0.3 is 0 Å². The van der Waals surface area contributed by atoms with Gasteiger partial charge in [-0.25, -0.2) is 8.42 Å². The predicted molar refractivity (Wildman–Crippen MR) is 104 cm³/mol. The van der Waals surface area contributed by atoms with Gasteiger partial charge in [-0.1, -0.05) is 12.1 Å². The van der Waals surface area contributed by atoms with E-state index in [-0.39, 0.29) is 18.3 Å². The lowest BCUT2D eigenvalue weighted by atomic mass is 10.1. The predicted octanol–water partition coefficient (Wildman–Crippen LogP) is 2.56. The number of anilines is 2. The van der Waals surface area contributed by atoms with Crippen molar-refractivity contribution in [1.82, 2.24) is 0 Å². The number of carbonyl (C=O) groups excluding carboxylic acids is 1. The number of nitrogens with one attached hydrogen (secondary N) is 1. The summed E-state index contributed by atoms with van der Waals surface area (Å²) in [6.45, 7) is 2.14. The number of carbonyl (C=O) groups is 1. The molecule has 1 fully saturated rings. The first-order valence-electron chi connectivity index (χ1n) is 8.57. The average Bonchev–Trinajstić information content (AvgIpc) is 3.01. The van der Waals surface area contributed by atoms with E-state index in [4.69, 9.17) is 9.47 Å². The van der Waals surface area contributed by atoms with Crippen molar-refractivity contribution < 1.29 is 22.7 Å². The fourth-order valence-corrected chi connectivity index (χ4v) is 4.50. The van der Waals surface area contributed by atoms with E-state index in [2.05, 4.69) is 5.32 Å². The SMILES string of the molecule is COc1ccccc1OCC(=O)Nc1ccc(N2CCCS2(=O)=O)cc1C. The van der Waals surface area contributed by atoms with Crippen molar-refractivity contribution in [3.8, 4) is 11.5 Å². The van der Waals surface area contributed by atoms with Crippen molar-refractivity contribution in [2.24, 2.45) is 0 Å². The topological polar surface area (TPSA) is 84.9 Å². The number of ether oxygens (including phenoxy) is 2. The Morgan fingerprint density at radius 1 is 1.19 bits per heavy atom. The minimum absolute atomic E-state index is 0.165. The molecule has 0 bridgehead atoms. The lowest BCUT2D eigenvalue weighted by Crippen LogP contribution is -2.25. The van der Waals surface area contributed by atoms with Gasteiger partial charge in [0.05, 0.1) is 18.6 Å². The van der Waals surface area contributed by atoms with Crippen LogP contribution in [0, 0.1) is 6.92 Å². The highest BCUT2D eigenvalue weighted by Gasteiger charge is 2.28. The minimum atomic E-state index is -3.22. The van der Waals surface area contributed by atoms with E-state index in [1.807, 2.05) is 13.0 Å². The zero-order chi connectivity index (χ0) is 19.4. The van der Waals surface area contributed by atoms with Gasteiger partial charge in [-0.05, 0) is 49.2 Å². The fraction of sp³-hybridized carbons (Fsp3) is 0.316. The van der Waals surface area contributed by atoms with E-state index in [1.54, 1.807) is 36.4 Å². The monoisotopic (exact) mass is 390 g/mol. The number of nitrogens with zero attached hydrogens (tertiary/aromatic N) is 1. The highest BCUT2D eigenvalue weighted by molar-refractivity contribution is 7.93. The number of rotatable bonds is 6. The summed E-state index contributed by atoms with van der Waals surface area (Å²) in [7, 11) is -1.69. The lowest BCUT2D eigenvalue weighted by molar-refractivity contribution is -0.118. The molecule has 1 N–H and O–H groups in total. The molecule has 2 aromatic carbocycles. The quantitative estimate of drug-likeness (QED) is 0.819. The number of hydrogen-bond acceptors (Lipinski definition) is 5. The van der Waals surface area contributed by atoms with Crippen LogP contribution >= 0.6 is 0 Å². The molecule has 1 aliphatic rings. The first-order chi connectivity index (χ1) is 12.9. The first kappa shape index (κ1) is 19.0. The molecule has 0 aliphatic carbocycles. The molecule has 0 saturated carbocycles. The van der Waals surface area contributed by atoms with Crippen molar-refractivity contribution in [3.63, 3.8) is 0 Å². The summed E-state index contributed by atoms with van der Waals surface area (Å²) >= 11 is 0. The summed E-state index contributed by atoms with van der Waals surface area (Å²) in [5.41, 5.74) is 2.01. The van der Waals surface area contributed by atoms with Crippen molar-refractivity contribution >= 4 is 27.3 Å².